The van der Waals surface area contributed by atoms with Gasteiger partial charge >= 0.3 is 6.18 Å². The van der Waals surface area contributed by atoms with Crippen LogP contribution in [-0.2, 0) is 6.18 Å². The molecule has 15 heavy (non-hydrogen) atoms. The Balaban J connectivity index is 3.53. The Bertz CT molecular complexity index is 374. The van der Waals surface area contributed by atoms with Crippen molar-refractivity contribution in [3.8, 4) is 0 Å². The van der Waals surface area contributed by atoms with Crippen LogP contribution >= 0.6 is 22.6 Å². The normalized spacial score (nSPS) is 12.3. The third-order valence-electron chi connectivity index (χ3n) is 1.53. The highest BCUT2D eigenvalue weighted by Gasteiger charge is 2.40. The third kappa shape index (κ3) is 2.52. The second-order valence-corrected chi connectivity index (χ2v) is 3.51. The van der Waals surface area contributed by atoms with Crippen molar-refractivity contribution >= 4 is 22.6 Å². The molecule has 0 aliphatic carbocycles. The van der Waals surface area contributed by atoms with Gasteiger partial charge in [0.05, 0.1) is 17.3 Å². The predicted molar refractivity (Wildman–Crippen MR) is 46.9 cm³/mol. The maximum atomic E-state index is 12.8. The minimum absolute atomic E-state index is 0.346. The molecule has 0 amide bonds. The molecule has 0 unspecified atom stereocenters. The Kier molecular flexibility index (Phi) is 3.46. The summed E-state index contributed by atoms with van der Waals surface area (Å²) in [6.45, 7) is 0. The zero-order valence-electron chi connectivity index (χ0n) is 6.75. The number of hydrogen-bond acceptors (Lipinski definition) is 1. The number of pyridine rings is 1. The van der Waals surface area contributed by atoms with Gasteiger partial charge in [0, 0.05) is 0 Å². The van der Waals surface area contributed by atoms with Gasteiger partial charge < -0.3 is 0 Å². The van der Waals surface area contributed by atoms with Crippen molar-refractivity contribution in [1.29, 1.82) is 0 Å². The molecule has 1 aromatic rings. The van der Waals surface area contributed by atoms with Crippen LogP contribution in [0.15, 0.2) is 6.20 Å². The van der Waals surface area contributed by atoms with Crippen LogP contribution in [0.3, 0.4) is 0 Å². The summed E-state index contributed by atoms with van der Waals surface area (Å²) in [7, 11) is 0. The number of aromatic nitrogens is 1. The Morgan fingerprint density at radius 3 is 2.13 bits per heavy atom. The lowest BCUT2D eigenvalue weighted by Crippen LogP contribution is -2.15. The van der Waals surface area contributed by atoms with Crippen molar-refractivity contribution in [3.63, 3.8) is 0 Å². The Hall–Kier alpha value is -0.540. The summed E-state index contributed by atoms with van der Waals surface area (Å²) in [6.07, 6.45) is -8.23. The molecule has 0 radical (unpaired) electrons. The second-order valence-electron chi connectivity index (χ2n) is 2.48. The topological polar surface area (TPSA) is 12.9 Å². The van der Waals surface area contributed by atoms with Crippen LogP contribution in [0, 0.1) is 9.52 Å². The molecule has 0 saturated heterocycles. The third-order valence-corrected chi connectivity index (χ3v) is 2.34. The van der Waals surface area contributed by atoms with Gasteiger partial charge in [0.25, 0.3) is 6.43 Å². The molecule has 0 bridgehead atoms. The van der Waals surface area contributed by atoms with E-state index in [0.717, 1.165) is 22.6 Å². The van der Waals surface area contributed by atoms with Crippen LogP contribution in [0.4, 0.5) is 26.3 Å². The Labute approximate surface area is 93.6 Å². The fraction of sp³-hybridized carbons (Fsp3) is 0.286. The lowest BCUT2D eigenvalue weighted by molar-refractivity contribution is -0.140. The van der Waals surface area contributed by atoms with E-state index < -0.39 is 33.2 Å². The number of hydrogen-bond donors (Lipinski definition) is 0. The lowest BCUT2D eigenvalue weighted by atomic mass is 10.1. The number of halogens is 7. The van der Waals surface area contributed by atoms with Gasteiger partial charge in [0.15, 0.2) is 5.82 Å². The monoisotopic (exact) mass is 341 g/mol. The van der Waals surface area contributed by atoms with Gasteiger partial charge in [0.1, 0.15) is 3.70 Å². The molecule has 0 fully saturated rings. The number of alkyl halides is 5. The van der Waals surface area contributed by atoms with Crippen LogP contribution in [-0.4, -0.2) is 4.98 Å². The summed E-state index contributed by atoms with van der Waals surface area (Å²) in [6, 6.07) is 0. The largest absolute Gasteiger partial charge is 0.419 e. The standard InChI is InChI=1S/C7H2F6IN/c8-2-1-15-6(14)4(7(11,12)13)3(2)5(9)10/h1,5H. The van der Waals surface area contributed by atoms with Gasteiger partial charge in [-0.25, -0.2) is 18.2 Å². The van der Waals surface area contributed by atoms with E-state index in [9.17, 15) is 26.3 Å². The van der Waals surface area contributed by atoms with Crippen molar-refractivity contribution in [3.05, 3.63) is 26.8 Å². The van der Waals surface area contributed by atoms with Gasteiger partial charge in [-0.3, -0.25) is 0 Å². The van der Waals surface area contributed by atoms with Gasteiger partial charge in [-0.05, 0) is 22.6 Å². The van der Waals surface area contributed by atoms with Crippen LogP contribution in [0.25, 0.3) is 0 Å². The molecule has 84 valence electrons. The molecular weight excluding hydrogens is 339 g/mol. The van der Waals surface area contributed by atoms with Crippen LogP contribution in [0.5, 0.6) is 0 Å². The van der Waals surface area contributed by atoms with Crippen LogP contribution < -0.4 is 0 Å². The van der Waals surface area contributed by atoms with E-state index >= 15 is 0 Å². The van der Waals surface area contributed by atoms with E-state index in [2.05, 4.69) is 4.98 Å². The molecule has 1 aromatic heterocycles. The minimum atomic E-state index is -5.04. The quantitative estimate of drug-likeness (QED) is 0.430. The molecule has 1 rings (SSSR count). The minimum Gasteiger partial charge on any atom is -0.247 e. The van der Waals surface area contributed by atoms with Gasteiger partial charge in [0.2, 0.25) is 0 Å². The first-order chi connectivity index (χ1) is 6.75. The van der Waals surface area contributed by atoms with Crippen molar-refractivity contribution in [1.82, 2.24) is 4.98 Å². The predicted octanol–water partition coefficient (Wildman–Crippen LogP) is 3.78. The number of nitrogens with zero attached hydrogens (tertiary/aromatic N) is 1. The first-order valence-electron chi connectivity index (χ1n) is 3.44. The molecule has 0 saturated carbocycles. The molecule has 0 spiro atoms. The summed E-state index contributed by atoms with van der Waals surface area (Å²) in [5.74, 6) is -1.65. The van der Waals surface area contributed by atoms with Crippen molar-refractivity contribution < 1.29 is 26.3 Å². The molecule has 1 nitrogen and oxygen atoms in total. The van der Waals surface area contributed by atoms with Crippen LogP contribution in [0.1, 0.15) is 17.6 Å². The van der Waals surface area contributed by atoms with E-state index in [0.29, 0.717) is 6.20 Å². The molecule has 8 heteroatoms. The molecule has 0 N–H and O–H groups in total. The highest BCUT2D eigenvalue weighted by atomic mass is 127. The van der Waals surface area contributed by atoms with Crippen molar-refractivity contribution in [2.45, 2.75) is 12.6 Å². The van der Waals surface area contributed by atoms with E-state index in [4.69, 9.17) is 0 Å². The highest BCUT2D eigenvalue weighted by Crippen LogP contribution is 2.39. The Morgan fingerprint density at radius 2 is 1.80 bits per heavy atom. The highest BCUT2D eigenvalue weighted by molar-refractivity contribution is 14.1. The smallest absolute Gasteiger partial charge is 0.247 e. The van der Waals surface area contributed by atoms with Gasteiger partial charge in [-0.1, -0.05) is 0 Å². The van der Waals surface area contributed by atoms with Crippen LogP contribution in [0.2, 0.25) is 0 Å². The maximum Gasteiger partial charge on any atom is 0.419 e. The summed E-state index contributed by atoms with van der Waals surface area (Å²) in [5, 5.41) is 0. The summed E-state index contributed by atoms with van der Waals surface area (Å²) in [4.78, 5) is 3.05. The first kappa shape index (κ1) is 12.5. The molecular formula is C7H2F6IN. The molecule has 0 aliphatic heterocycles. The molecule has 0 aromatic carbocycles. The zero-order chi connectivity index (χ0) is 11.8. The Morgan fingerprint density at radius 1 is 1.27 bits per heavy atom. The maximum absolute atomic E-state index is 12.8. The average molecular weight is 341 g/mol. The summed E-state index contributed by atoms with van der Waals surface area (Å²) < 4.78 is 73.4. The first-order valence-corrected chi connectivity index (χ1v) is 4.52. The molecule has 0 aliphatic rings. The zero-order valence-corrected chi connectivity index (χ0v) is 8.91. The molecule has 1 heterocycles. The van der Waals surface area contributed by atoms with Gasteiger partial charge in [-0.2, -0.15) is 13.2 Å². The van der Waals surface area contributed by atoms with E-state index in [1.165, 1.54) is 0 Å². The SMILES string of the molecule is Fc1cnc(I)c(C(F)(F)F)c1C(F)F. The second kappa shape index (κ2) is 4.14. The van der Waals surface area contributed by atoms with Crippen molar-refractivity contribution in [2.75, 3.05) is 0 Å². The van der Waals surface area contributed by atoms with Gasteiger partial charge in [-0.15, -0.1) is 0 Å². The van der Waals surface area contributed by atoms with E-state index in [1.54, 1.807) is 0 Å². The summed E-state index contributed by atoms with van der Waals surface area (Å²) in [5.41, 5.74) is -3.36. The van der Waals surface area contributed by atoms with E-state index in [-0.39, 0.29) is 0 Å². The van der Waals surface area contributed by atoms with E-state index in [1.807, 2.05) is 0 Å². The molecule has 0 atom stereocenters. The van der Waals surface area contributed by atoms with Crippen molar-refractivity contribution in [2.24, 2.45) is 0 Å². The number of rotatable bonds is 1. The fourth-order valence-electron chi connectivity index (χ4n) is 0.961. The average Bonchev–Trinajstić information content (AvgIpc) is 2.05. The fourth-order valence-corrected chi connectivity index (χ4v) is 1.70. The summed E-state index contributed by atoms with van der Waals surface area (Å²) >= 11 is 1.13. The lowest BCUT2D eigenvalue weighted by Gasteiger charge is -2.13.